The Morgan fingerprint density at radius 2 is 1.17 bits per heavy atom. The smallest absolute Gasteiger partial charge is 0.212 e. The van der Waals surface area contributed by atoms with Crippen LogP contribution in [0.1, 0.15) is 23.6 Å². The fraction of sp³-hybridized carbons (Fsp3) is 0.100. The normalized spacial score (nSPS) is 11.8. The molecule has 2 aromatic heterocycles. The molecule has 0 radical (unpaired) electrons. The van der Waals surface area contributed by atoms with Gasteiger partial charge in [-0.25, -0.2) is 4.98 Å². The van der Waals surface area contributed by atoms with Crippen LogP contribution in [0.25, 0.3) is 22.1 Å². The summed E-state index contributed by atoms with van der Waals surface area (Å²) in [5.74, 6) is 0. The zero-order valence-electron chi connectivity index (χ0n) is 19.4. The highest BCUT2D eigenvalue weighted by Crippen LogP contribution is 2.50. The molecule has 0 aliphatic rings. The summed E-state index contributed by atoms with van der Waals surface area (Å²) >= 11 is 1.64. The number of rotatable bonds is 6. The number of aromatic nitrogens is 4. The summed E-state index contributed by atoms with van der Waals surface area (Å²) in [7, 11) is 0. The van der Waals surface area contributed by atoms with Crippen LogP contribution in [0.3, 0.4) is 0 Å². The van der Waals surface area contributed by atoms with E-state index in [0.717, 1.165) is 28.6 Å². The Morgan fingerprint density at radius 3 is 1.71 bits per heavy atom. The quantitative estimate of drug-likeness (QED) is 0.192. The van der Waals surface area contributed by atoms with Crippen LogP contribution in [0.2, 0.25) is 0 Å². The topological polar surface area (TPSA) is 43.6 Å². The van der Waals surface area contributed by atoms with Gasteiger partial charge >= 0.3 is 0 Å². The lowest BCUT2D eigenvalue weighted by molar-refractivity contribution is 0.784. The number of nitrogens with zero attached hydrogens (tertiary/aromatic N) is 4. The molecule has 2 heterocycles. The van der Waals surface area contributed by atoms with Crippen LogP contribution >= 0.6 is 11.8 Å². The molecule has 170 valence electrons. The molecule has 0 N–H and O–H groups in total. The van der Waals surface area contributed by atoms with Crippen molar-refractivity contribution in [3.8, 4) is 0 Å². The SMILES string of the molecule is CCn1c2ccccc2c2nnc(SC(c3ccccc3)(c3ccccc3)c3ccccc3)nc21. The Kier molecular flexibility index (Phi) is 5.55. The van der Waals surface area contributed by atoms with Crippen molar-refractivity contribution >= 4 is 33.8 Å². The molecule has 0 unspecified atom stereocenters. The molecule has 6 rings (SSSR count). The first-order valence-corrected chi connectivity index (χ1v) is 12.6. The van der Waals surface area contributed by atoms with Crippen molar-refractivity contribution in [2.24, 2.45) is 0 Å². The zero-order valence-corrected chi connectivity index (χ0v) is 20.2. The predicted octanol–water partition coefficient (Wildman–Crippen LogP) is 7.08. The Bertz CT molecular complexity index is 1500. The first-order chi connectivity index (χ1) is 17.3. The highest BCUT2D eigenvalue weighted by Gasteiger charge is 2.39. The average Bonchev–Trinajstić information content (AvgIpc) is 3.26. The zero-order chi connectivity index (χ0) is 23.7. The second kappa shape index (κ2) is 9.01. The highest BCUT2D eigenvalue weighted by atomic mass is 32.2. The number of hydrogen-bond acceptors (Lipinski definition) is 4. The van der Waals surface area contributed by atoms with Gasteiger partial charge in [0.1, 0.15) is 5.52 Å². The van der Waals surface area contributed by atoms with Gasteiger partial charge in [0.25, 0.3) is 0 Å². The number of thioether (sulfide) groups is 1. The first kappa shape index (κ1) is 21.6. The molecular formula is C30H24N4S. The molecule has 0 aliphatic carbocycles. The molecule has 0 atom stereocenters. The largest absolute Gasteiger partial charge is 0.324 e. The molecule has 0 saturated carbocycles. The number of hydrogen-bond donors (Lipinski definition) is 0. The molecule has 0 bridgehead atoms. The maximum atomic E-state index is 5.10. The molecule has 0 fully saturated rings. The van der Waals surface area contributed by atoms with Crippen LogP contribution in [-0.4, -0.2) is 19.7 Å². The highest BCUT2D eigenvalue weighted by molar-refractivity contribution is 8.00. The summed E-state index contributed by atoms with van der Waals surface area (Å²) < 4.78 is 1.68. The van der Waals surface area contributed by atoms with Crippen LogP contribution < -0.4 is 0 Å². The van der Waals surface area contributed by atoms with Gasteiger partial charge in [-0.15, -0.1) is 10.2 Å². The second-order valence-electron chi connectivity index (χ2n) is 8.41. The minimum atomic E-state index is -0.539. The van der Waals surface area contributed by atoms with E-state index in [-0.39, 0.29) is 0 Å². The Balaban J connectivity index is 1.61. The number of aryl methyl sites for hydroxylation is 1. The van der Waals surface area contributed by atoms with E-state index in [9.17, 15) is 0 Å². The molecule has 4 nitrogen and oxygen atoms in total. The van der Waals surface area contributed by atoms with E-state index in [2.05, 4.69) is 131 Å². The minimum absolute atomic E-state index is 0.539. The van der Waals surface area contributed by atoms with Crippen molar-refractivity contribution < 1.29 is 0 Å². The van der Waals surface area contributed by atoms with Crippen molar-refractivity contribution in [2.75, 3.05) is 0 Å². The second-order valence-corrected chi connectivity index (χ2v) is 9.59. The summed E-state index contributed by atoms with van der Waals surface area (Å²) in [4.78, 5) is 5.10. The summed E-state index contributed by atoms with van der Waals surface area (Å²) in [6.07, 6.45) is 0. The van der Waals surface area contributed by atoms with Crippen LogP contribution in [0, 0.1) is 0 Å². The third-order valence-corrected chi connectivity index (χ3v) is 7.82. The lowest BCUT2D eigenvalue weighted by atomic mass is 9.84. The van der Waals surface area contributed by atoms with Crippen LogP contribution in [-0.2, 0) is 11.3 Å². The van der Waals surface area contributed by atoms with E-state index in [1.54, 1.807) is 11.8 Å². The van der Waals surface area contributed by atoms with Gasteiger partial charge in [-0.2, -0.15) is 0 Å². The van der Waals surface area contributed by atoms with Gasteiger partial charge in [0.2, 0.25) is 5.16 Å². The predicted molar refractivity (Wildman–Crippen MR) is 144 cm³/mol. The molecule has 6 aromatic rings. The van der Waals surface area contributed by atoms with Crippen LogP contribution in [0.4, 0.5) is 0 Å². The fourth-order valence-corrected chi connectivity index (χ4v) is 6.13. The van der Waals surface area contributed by atoms with Gasteiger partial charge < -0.3 is 4.57 Å². The van der Waals surface area contributed by atoms with E-state index < -0.39 is 4.75 Å². The molecule has 0 amide bonds. The first-order valence-electron chi connectivity index (χ1n) is 11.8. The van der Waals surface area contributed by atoms with Gasteiger partial charge in [0.15, 0.2) is 5.65 Å². The maximum absolute atomic E-state index is 5.10. The summed E-state index contributed by atoms with van der Waals surface area (Å²) in [5.41, 5.74) is 6.35. The van der Waals surface area contributed by atoms with E-state index in [4.69, 9.17) is 4.98 Å². The van der Waals surface area contributed by atoms with Crippen LogP contribution in [0.5, 0.6) is 0 Å². The van der Waals surface area contributed by atoms with E-state index >= 15 is 0 Å². The number of para-hydroxylation sites is 1. The minimum Gasteiger partial charge on any atom is -0.324 e. The Morgan fingerprint density at radius 1 is 0.657 bits per heavy atom. The van der Waals surface area contributed by atoms with Crippen LogP contribution in [0.15, 0.2) is 120 Å². The summed E-state index contributed by atoms with van der Waals surface area (Å²) in [6.45, 7) is 2.96. The van der Waals surface area contributed by atoms with Crippen molar-refractivity contribution in [2.45, 2.75) is 23.4 Å². The van der Waals surface area contributed by atoms with Crippen molar-refractivity contribution in [3.05, 3.63) is 132 Å². The Labute approximate surface area is 208 Å². The fourth-order valence-electron chi connectivity index (χ4n) is 4.88. The number of benzene rings is 4. The average molecular weight is 473 g/mol. The third kappa shape index (κ3) is 3.60. The lowest BCUT2D eigenvalue weighted by Crippen LogP contribution is -2.26. The number of fused-ring (bicyclic) bond motifs is 3. The summed E-state index contributed by atoms with van der Waals surface area (Å²) in [5, 5.41) is 11.1. The lowest BCUT2D eigenvalue weighted by Gasteiger charge is -2.34. The van der Waals surface area contributed by atoms with Gasteiger partial charge in [0.05, 0.1) is 10.3 Å². The van der Waals surface area contributed by atoms with Crippen molar-refractivity contribution in [1.29, 1.82) is 0 Å². The molecule has 0 aliphatic heterocycles. The van der Waals surface area contributed by atoms with Gasteiger partial charge in [0, 0.05) is 11.9 Å². The molecule has 4 aromatic carbocycles. The standard InChI is InChI=1S/C30H24N4S/c1-2-34-26-21-13-12-20-25(26)27-28(34)31-29(33-32-27)35-30(22-14-6-3-7-15-22,23-16-8-4-9-17-23)24-18-10-5-11-19-24/h3-21H,2H2,1H3. The molecule has 35 heavy (non-hydrogen) atoms. The van der Waals surface area contributed by atoms with Gasteiger partial charge in [-0.3, -0.25) is 0 Å². The molecule has 0 saturated heterocycles. The molecule has 0 spiro atoms. The molecular weight excluding hydrogens is 448 g/mol. The van der Waals surface area contributed by atoms with E-state index in [1.807, 2.05) is 6.07 Å². The summed E-state index contributed by atoms with van der Waals surface area (Å²) in [6, 6.07) is 40.1. The van der Waals surface area contributed by atoms with Crippen molar-refractivity contribution in [3.63, 3.8) is 0 Å². The molecule has 5 heteroatoms. The monoisotopic (exact) mass is 472 g/mol. The third-order valence-electron chi connectivity index (χ3n) is 6.46. The van der Waals surface area contributed by atoms with Crippen molar-refractivity contribution in [1.82, 2.24) is 19.7 Å². The Hall–Kier alpha value is -3.96. The van der Waals surface area contributed by atoms with Gasteiger partial charge in [-0.1, -0.05) is 121 Å². The van der Waals surface area contributed by atoms with E-state index in [1.165, 1.54) is 16.7 Å². The maximum Gasteiger partial charge on any atom is 0.212 e. The van der Waals surface area contributed by atoms with Gasteiger partial charge in [-0.05, 0) is 29.7 Å². The van der Waals surface area contributed by atoms with E-state index in [0.29, 0.717) is 5.16 Å².